The number of likely N-dealkylation sites (N-methyl/N-ethyl adjacent to an activating group) is 1. The molecule has 0 spiro atoms. The second-order valence-electron chi connectivity index (χ2n) is 13.5. The molecule has 0 saturated carbocycles. The van der Waals surface area contributed by atoms with Crippen LogP contribution in [0.4, 0.5) is 0 Å². The van der Waals surface area contributed by atoms with Crippen molar-refractivity contribution in [3.63, 3.8) is 0 Å². The first-order chi connectivity index (χ1) is 21.3. The van der Waals surface area contributed by atoms with E-state index in [1.807, 2.05) is 19.0 Å². The Kier molecular flexibility index (Phi) is 31.0. The van der Waals surface area contributed by atoms with E-state index in [0.717, 1.165) is 64.3 Å². The van der Waals surface area contributed by atoms with Gasteiger partial charge in [-0.1, -0.05) is 124 Å². The van der Waals surface area contributed by atoms with E-state index in [-0.39, 0.29) is 18.0 Å². The molecule has 0 radical (unpaired) electrons. The highest BCUT2D eigenvalue weighted by Gasteiger charge is 2.20. The van der Waals surface area contributed by atoms with Crippen LogP contribution < -0.4 is 0 Å². The lowest BCUT2D eigenvalue weighted by atomic mass is 9.96. The molecule has 3 unspecified atom stereocenters. The van der Waals surface area contributed by atoms with Crippen molar-refractivity contribution in [1.82, 2.24) is 4.90 Å². The first-order valence-corrected chi connectivity index (χ1v) is 19.0. The lowest BCUT2D eigenvalue weighted by molar-refractivity contribution is -0.162. The average Bonchev–Trinajstić information content (AvgIpc) is 3.00. The lowest BCUT2D eigenvalue weighted by Gasteiger charge is -2.21. The molecule has 0 heterocycles. The number of carbonyl (C=O) groups is 2. The zero-order chi connectivity index (χ0) is 32.7. The number of rotatable bonds is 33. The van der Waals surface area contributed by atoms with Crippen LogP contribution in [0.15, 0.2) is 0 Å². The normalized spacial score (nSPS) is 13.6. The summed E-state index contributed by atoms with van der Waals surface area (Å²) < 4.78 is 17.3. The smallest absolute Gasteiger partial charge is 0.335 e. The minimum absolute atomic E-state index is 0.0133. The number of hydrogen-bond donors (Lipinski definition) is 0. The molecule has 0 bridgehead atoms. The Morgan fingerprint density at radius 1 is 0.614 bits per heavy atom. The van der Waals surface area contributed by atoms with Crippen LogP contribution in [0, 0.1) is 5.92 Å². The Hall–Kier alpha value is -1.14. The molecule has 0 rings (SSSR count). The molecule has 44 heavy (non-hydrogen) atoms. The minimum Gasteiger partial charge on any atom is -0.465 e. The van der Waals surface area contributed by atoms with Crippen molar-refractivity contribution in [1.29, 1.82) is 0 Å². The SMILES string of the molecule is CCCCCCCCCC(CCCCCCCCC(=O)OCC(CCCC)CCCCCC)OC(=O)C(C)OCCN(C)C. The second kappa shape index (κ2) is 31.8. The van der Waals surface area contributed by atoms with Gasteiger partial charge in [-0.25, -0.2) is 4.79 Å². The van der Waals surface area contributed by atoms with E-state index in [4.69, 9.17) is 14.2 Å². The number of ether oxygens (including phenoxy) is 3. The summed E-state index contributed by atoms with van der Waals surface area (Å²) in [4.78, 5) is 27.1. The van der Waals surface area contributed by atoms with Crippen LogP contribution in [-0.2, 0) is 23.8 Å². The molecule has 0 amide bonds. The van der Waals surface area contributed by atoms with Crippen molar-refractivity contribution in [2.75, 3.05) is 33.9 Å². The molecule has 0 N–H and O–H groups in total. The Bertz CT molecular complexity index is 641. The second-order valence-corrected chi connectivity index (χ2v) is 13.5. The molecule has 0 aromatic heterocycles. The molecule has 0 saturated heterocycles. The third-order valence-corrected chi connectivity index (χ3v) is 8.72. The Labute approximate surface area is 274 Å². The maximum Gasteiger partial charge on any atom is 0.335 e. The van der Waals surface area contributed by atoms with Crippen LogP contribution >= 0.6 is 0 Å². The van der Waals surface area contributed by atoms with Crippen molar-refractivity contribution in [2.45, 2.75) is 194 Å². The van der Waals surface area contributed by atoms with Gasteiger partial charge in [-0.15, -0.1) is 0 Å². The molecule has 6 nitrogen and oxygen atoms in total. The van der Waals surface area contributed by atoms with E-state index in [1.54, 1.807) is 6.92 Å². The summed E-state index contributed by atoms with van der Waals surface area (Å²) in [5.41, 5.74) is 0. The molecule has 0 aliphatic rings. The average molecular weight is 626 g/mol. The number of esters is 2. The predicted octanol–water partition coefficient (Wildman–Crippen LogP) is 10.4. The summed E-state index contributed by atoms with van der Waals surface area (Å²) in [6, 6.07) is 0. The molecule has 3 atom stereocenters. The molecular weight excluding hydrogens is 550 g/mol. The number of carbonyl (C=O) groups excluding carboxylic acids is 2. The first-order valence-electron chi connectivity index (χ1n) is 19.0. The molecular formula is C38H75NO5. The zero-order valence-corrected chi connectivity index (χ0v) is 30.3. The van der Waals surface area contributed by atoms with E-state index in [2.05, 4.69) is 20.8 Å². The molecule has 0 aromatic carbocycles. The third kappa shape index (κ3) is 28.3. The van der Waals surface area contributed by atoms with Crippen molar-refractivity contribution in [3.05, 3.63) is 0 Å². The van der Waals surface area contributed by atoms with Crippen molar-refractivity contribution in [3.8, 4) is 0 Å². The highest BCUT2D eigenvalue weighted by atomic mass is 16.6. The quantitative estimate of drug-likeness (QED) is 0.0534. The largest absolute Gasteiger partial charge is 0.465 e. The van der Waals surface area contributed by atoms with Crippen LogP contribution in [0.25, 0.3) is 0 Å². The van der Waals surface area contributed by atoms with Crippen molar-refractivity contribution < 1.29 is 23.8 Å². The first kappa shape index (κ1) is 42.9. The van der Waals surface area contributed by atoms with Crippen LogP contribution in [0.5, 0.6) is 0 Å². The summed E-state index contributed by atoms with van der Waals surface area (Å²) in [6.07, 6.45) is 27.2. The fraction of sp³-hybridized carbons (Fsp3) is 0.947. The minimum atomic E-state index is -0.522. The van der Waals surface area contributed by atoms with Crippen LogP contribution in [0.1, 0.15) is 182 Å². The summed E-state index contributed by atoms with van der Waals surface area (Å²) in [5, 5.41) is 0. The van der Waals surface area contributed by atoms with Gasteiger partial charge < -0.3 is 19.1 Å². The third-order valence-electron chi connectivity index (χ3n) is 8.72. The molecule has 0 fully saturated rings. The Morgan fingerprint density at radius 2 is 1.09 bits per heavy atom. The van der Waals surface area contributed by atoms with Gasteiger partial charge in [0.15, 0.2) is 6.10 Å². The van der Waals surface area contributed by atoms with Gasteiger partial charge in [0.05, 0.1) is 13.2 Å². The topological polar surface area (TPSA) is 65.1 Å². The summed E-state index contributed by atoms with van der Waals surface area (Å²) >= 11 is 0. The van der Waals surface area contributed by atoms with Crippen molar-refractivity contribution in [2.24, 2.45) is 5.92 Å². The Morgan fingerprint density at radius 3 is 1.66 bits per heavy atom. The lowest BCUT2D eigenvalue weighted by Crippen LogP contribution is -2.30. The van der Waals surface area contributed by atoms with Gasteiger partial charge in [0, 0.05) is 13.0 Å². The molecule has 0 aliphatic carbocycles. The van der Waals surface area contributed by atoms with E-state index < -0.39 is 6.10 Å². The van der Waals surface area contributed by atoms with Crippen molar-refractivity contribution >= 4 is 11.9 Å². The number of unbranched alkanes of at least 4 members (excludes halogenated alkanes) is 15. The van der Waals surface area contributed by atoms with E-state index in [0.29, 0.717) is 25.6 Å². The fourth-order valence-corrected chi connectivity index (χ4v) is 5.63. The molecule has 0 aliphatic heterocycles. The number of hydrogen-bond acceptors (Lipinski definition) is 6. The highest BCUT2D eigenvalue weighted by Crippen LogP contribution is 2.20. The van der Waals surface area contributed by atoms with Gasteiger partial charge in [-0.05, 0) is 71.9 Å². The van der Waals surface area contributed by atoms with Gasteiger partial charge in [0.1, 0.15) is 6.10 Å². The maximum atomic E-state index is 12.7. The molecule has 0 aromatic rings. The summed E-state index contributed by atoms with van der Waals surface area (Å²) in [7, 11) is 4.00. The number of nitrogens with zero attached hydrogens (tertiary/aromatic N) is 1. The van der Waals surface area contributed by atoms with E-state index >= 15 is 0 Å². The van der Waals surface area contributed by atoms with Gasteiger partial charge in [-0.2, -0.15) is 0 Å². The highest BCUT2D eigenvalue weighted by molar-refractivity contribution is 5.74. The standard InChI is InChI=1S/C38H75NO5/c1-7-10-13-15-16-19-23-28-36(44-38(41)34(4)42-32-31-39(5)6)29-24-20-17-18-21-25-30-37(40)43-33-35(26-12-9-3)27-22-14-11-8-2/h34-36H,7-33H2,1-6H3. The summed E-state index contributed by atoms with van der Waals surface area (Å²) in [6.45, 7) is 10.5. The van der Waals surface area contributed by atoms with Gasteiger partial charge in [0.2, 0.25) is 0 Å². The monoisotopic (exact) mass is 626 g/mol. The van der Waals surface area contributed by atoms with Crippen LogP contribution in [0.3, 0.4) is 0 Å². The van der Waals surface area contributed by atoms with Crippen LogP contribution in [0.2, 0.25) is 0 Å². The Balaban J connectivity index is 4.26. The fourth-order valence-electron chi connectivity index (χ4n) is 5.63. The predicted molar refractivity (Wildman–Crippen MR) is 186 cm³/mol. The zero-order valence-electron chi connectivity index (χ0n) is 30.3. The van der Waals surface area contributed by atoms with E-state index in [9.17, 15) is 9.59 Å². The van der Waals surface area contributed by atoms with Crippen LogP contribution in [-0.4, -0.2) is 62.9 Å². The maximum absolute atomic E-state index is 12.7. The van der Waals surface area contributed by atoms with Gasteiger partial charge in [0.25, 0.3) is 0 Å². The van der Waals surface area contributed by atoms with E-state index in [1.165, 1.54) is 89.9 Å². The molecule has 6 heteroatoms. The summed E-state index contributed by atoms with van der Waals surface area (Å²) in [5.74, 6) is 0.287. The molecule has 262 valence electrons. The van der Waals surface area contributed by atoms with Gasteiger partial charge >= 0.3 is 11.9 Å². The van der Waals surface area contributed by atoms with Gasteiger partial charge in [-0.3, -0.25) is 4.79 Å².